The van der Waals surface area contributed by atoms with Gasteiger partial charge in [0.25, 0.3) is 5.76 Å². The standard InChI is InChI=1S/C13H12F2N6O2S/c1-20-6-5-11(17-20)23-7-8-9(21-13(22)16-18-19-21)3-2-4-10(8)24-12(14)15/h2-6,12H,7H2,1H3,(H,16,19,22). The molecule has 0 aliphatic carbocycles. The Kier molecular flexibility index (Phi) is 4.60. The fraction of sp³-hybridized carbons (Fsp3) is 0.231. The second kappa shape index (κ2) is 6.83. The number of hydrogen-bond donors (Lipinski definition) is 1. The zero-order chi connectivity index (χ0) is 17.1. The normalized spacial score (nSPS) is 11.2. The molecule has 3 rings (SSSR count). The number of halogens is 2. The lowest BCUT2D eigenvalue weighted by atomic mass is 10.2. The lowest BCUT2D eigenvalue weighted by Gasteiger charge is -2.13. The van der Waals surface area contributed by atoms with Gasteiger partial charge >= 0.3 is 5.69 Å². The zero-order valence-electron chi connectivity index (χ0n) is 12.4. The first kappa shape index (κ1) is 16.2. The topological polar surface area (TPSA) is 90.6 Å². The SMILES string of the molecule is Cn1ccc(OCc2c(SC(F)F)cccc2-n2nn[nH]c2=O)n1. The average molecular weight is 354 g/mol. The second-order valence-electron chi connectivity index (χ2n) is 4.67. The molecule has 2 heterocycles. The molecule has 0 aliphatic heterocycles. The Morgan fingerprint density at radius 2 is 2.21 bits per heavy atom. The molecule has 0 atom stereocenters. The molecule has 0 amide bonds. The van der Waals surface area contributed by atoms with Crippen molar-refractivity contribution in [3.05, 3.63) is 46.5 Å². The maximum Gasteiger partial charge on any atom is 0.365 e. The molecule has 24 heavy (non-hydrogen) atoms. The molecule has 1 aromatic carbocycles. The Labute approximate surface area is 138 Å². The number of H-pyrrole nitrogens is 1. The molecule has 126 valence electrons. The molecule has 8 nitrogen and oxygen atoms in total. The fourth-order valence-corrected chi connectivity index (χ4v) is 2.73. The predicted molar refractivity (Wildman–Crippen MR) is 81.4 cm³/mol. The van der Waals surface area contributed by atoms with Crippen LogP contribution in [0.4, 0.5) is 8.78 Å². The number of ether oxygens (including phenoxy) is 1. The van der Waals surface area contributed by atoms with Crippen LogP contribution in [0.3, 0.4) is 0 Å². The van der Waals surface area contributed by atoms with E-state index in [4.69, 9.17) is 4.74 Å². The summed E-state index contributed by atoms with van der Waals surface area (Å²) < 4.78 is 33.7. The van der Waals surface area contributed by atoms with Crippen molar-refractivity contribution in [3.63, 3.8) is 0 Å². The number of thioether (sulfide) groups is 1. The second-order valence-corrected chi connectivity index (χ2v) is 5.70. The summed E-state index contributed by atoms with van der Waals surface area (Å²) in [5.41, 5.74) is 0.132. The van der Waals surface area contributed by atoms with Crippen molar-refractivity contribution in [1.82, 2.24) is 30.0 Å². The number of alkyl halides is 2. The van der Waals surface area contributed by atoms with Crippen LogP contribution >= 0.6 is 11.8 Å². The molecule has 0 fully saturated rings. The fourth-order valence-electron chi connectivity index (χ4n) is 2.08. The molecule has 0 unspecified atom stereocenters. The minimum Gasteiger partial charge on any atom is -0.472 e. The summed E-state index contributed by atoms with van der Waals surface area (Å²) in [5, 5.41) is 13.3. The number of aromatic amines is 1. The van der Waals surface area contributed by atoms with E-state index in [0.717, 1.165) is 4.68 Å². The van der Waals surface area contributed by atoms with E-state index in [1.807, 2.05) is 0 Å². The number of benzene rings is 1. The smallest absolute Gasteiger partial charge is 0.365 e. The predicted octanol–water partition coefficient (Wildman–Crippen LogP) is 1.58. The highest BCUT2D eigenvalue weighted by Gasteiger charge is 2.17. The lowest BCUT2D eigenvalue weighted by molar-refractivity contribution is 0.251. The molecular formula is C13H12F2N6O2S. The molecule has 0 radical (unpaired) electrons. The molecule has 0 aliphatic rings. The minimum atomic E-state index is -2.61. The van der Waals surface area contributed by atoms with Crippen molar-refractivity contribution >= 4 is 11.8 Å². The molecule has 1 N–H and O–H groups in total. The summed E-state index contributed by atoms with van der Waals surface area (Å²) in [7, 11) is 1.73. The number of aromatic nitrogens is 6. The van der Waals surface area contributed by atoms with E-state index in [0.29, 0.717) is 28.9 Å². The number of tetrazole rings is 1. The maximum absolute atomic E-state index is 12.8. The van der Waals surface area contributed by atoms with Crippen LogP contribution in [0.2, 0.25) is 0 Å². The molecule has 0 bridgehead atoms. The Morgan fingerprint density at radius 3 is 2.83 bits per heavy atom. The van der Waals surface area contributed by atoms with Gasteiger partial charge in [-0.1, -0.05) is 17.8 Å². The number of rotatable bonds is 6. The number of nitrogens with one attached hydrogen (secondary N) is 1. The first-order chi connectivity index (χ1) is 11.5. The maximum atomic E-state index is 12.8. The molecule has 11 heteroatoms. The third kappa shape index (κ3) is 3.45. The highest BCUT2D eigenvalue weighted by molar-refractivity contribution is 7.99. The molecule has 2 aromatic heterocycles. The van der Waals surface area contributed by atoms with Crippen molar-refractivity contribution in [3.8, 4) is 11.6 Å². The van der Waals surface area contributed by atoms with Crippen LogP contribution < -0.4 is 10.4 Å². The lowest BCUT2D eigenvalue weighted by Crippen LogP contribution is -2.18. The number of aryl methyl sites for hydroxylation is 1. The van der Waals surface area contributed by atoms with Gasteiger partial charge in [0.15, 0.2) is 0 Å². The van der Waals surface area contributed by atoms with Gasteiger partial charge in [0.2, 0.25) is 5.88 Å². The van der Waals surface area contributed by atoms with Gasteiger partial charge in [-0.2, -0.15) is 13.5 Å². The van der Waals surface area contributed by atoms with Gasteiger partial charge in [-0.3, -0.25) is 4.68 Å². The van der Waals surface area contributed by atoms with Gasteiger partial charge in [0.1, 0.15) is 6.61 Å². The van der Waals surface area contributed by atoms with Gasteiger partial charge in [0, 0.05) is 29.8 Å². The molecule has 0 spiro atoms. The van der Waals surface area contributed by atoms with Crippen LogP contribution in [0.15, 0.2) is 40.2 Å². The third-order valence-electron chi connectivity index (χ3n) is 3.08. The van der Waals surface area contributed by atoms with Crippen molar-refractivity contribution in [2.75, 3.05) is 0 Å². The van der Waals surface area contributed by atoms with E-state index in [1.165, 1.54) is 6.07 Å². The first-order valence-corrected chi connectivity index (χ1v) is 7.62. The van der Waals surface area contributed by atoms with Crippen molar-refractivity contribution in [2.24, 2.45) is 7.05 Å². The summed E-state index contributed by atoms with van der Waals surface area (Å²) in [6.45, 7) is -0.0540. The van der Waals surface area contributed by atoms with Crippen molar-refractivity contribution in [2.45, 2.75) is 17.3 Å². The summed E-state index contributed by atoms with van der Waals surface area (Å²) in [4.78, 5) is 12.0. The number of nitrogens with zero attached hydrogens (tertiary/aromatic N) is 5. The monoisotopic (exact) mass is 354 g/mol. The average Bonchev–Trinajstić information content (AvgIpc) is 3.13. The van der Waals surface area contributed by atoms with Crippen molar-refractivity contribution in [1.29, 1.82) is 0 Å². The summed E-state index contributed by atoms with van der Waals surface area (Å²) >= 11 is 0.370. The highest BCUT2D eigenvalue weighted by Crippen LogP contribution is 2.32. The molecule has 0 saturated carbocycles. The quantitative estimate of drug-likeness (QED) is 0.676. The van der Waals surface area contributed by atoms with E-state index in [2.05, 4.69) is 20.6 Å². The summed E-state index contributed by atoms with van der Waals surface area (Å²) in [6.07, 6.45) is 1.69. The highest BCUT2D eigenvalue weighted by atomic mass is 32.2. The van der Waals surface area contributed by atoms with Crippen LogP contribution in [0.5, 0.6) is 5.88 Å². The Bertz CT molecular complexity index is 890. The number of hydrogen-bond acceptors (Lipinski definition) is 6. The van der Waals surface area contributed by atoms with Gasteiger partial charge in [-0.05, 0) is 22.6 Å². The first-order valence-electron chi connectivity index (χ1n) is 6.74. The molecule has 0 saturated heterocycles. The van der Waals surface area contributed by atoms with Crippen LogP contribution in [0.25, 0.3) is 5.69 Å². The van der Waals surface area contributed by atoms with Crippen LogP contribution in [-0.2, 0) is 13.7 Å². The Hall–Kier alpha value is -2.69. The van der Waals surface area contributed by atoms with Crippen LogP contribution in [0.1, 0.15) is 5.56 Å². The molecule has 3 aromatic rings. The van der Waals surface area contributed by atoms with Gasteiger partial charge in [-0.25, -0.2) is 9.89 Å². The van der Waals surface area contributed by atoms with E-state index >= 15 is 0 Å². The molecular weight excluding hydrogens is 342 g/mol. The van der Waals surface area contributed by atoms with Crippen molar-refractivity contribution < 1.29 is 13.5 Å². The van der Waals surface area contributed by atoms with Crippen LogP contribution in [0, 0.1) is 0 Å². The summed E-state index contributed by atoms with van der Waals surface area (Å²) in [6, 6.07) is 6.31. The van der Waals surface area contributed by atoms with Gasteiger partial charge in [-0.15, -0.1) is 5.10 Å². The van der Waals surface area contributed by atoms with Gasteiger partial charge in [0.05, 0.1) is 5.69 Å². The zero-order valence-corrected chi connectivity index (χ0v) is 13.2. The van der Waals surface area contributed by atoms with E-state index in [1.54, 1.807) is 36.1 Å². The van der Waals surface area contributed by atoms with Crippen LogP contribution in [-0.4, -0.2) is 35.7 Å². The summed E-state index contributed by atoms with van der Waals surface area (Å²) in [5.74, 6) is -2.27. The Morgan fingerprint density at radius 1 is 1.38 bits per heavy atom. The largest absolute Gasteiger partial charge is 0.472 e. The third-order valence-corrected chi connectivity index (χ3v) is 3.89. The van der Waals surface area contributed by atoms with E-state index in [9.17, 15) is 13.6 Å². The van der Waals surface area contributed by atoms with E-state index in [-0.39, 0.29) is 11.5 Å². The Balaban J connectivity index is 1.99. The van der Waals surface area contributed by atoms with E-state index < -0.39 is 11.4 Å². The van der Waals surface area contributed by atoms with Gasteiger partial charge < -0.3 is 4.74 Å². The minimum absolute atomic E-state index is 0.0540.